The molecule has 3 rings (SSSR count). The third-order valence-corrected chi connectivity index (χ3v) is 5.20. The highest BCUT2D eigenvalue weighted by molar-refractivity contribution is 5.84. The van der Waals surface area contributed by atoms with Gasteiger partial charge < -0.3 is 4.74 Å². The summed E-state index contributed by atoms with van der Waals surface area (Å²) in [6, 6.07) is 13.5. The van der Waals surface area contributed by atoms with Crippen LogP contribution in [0.3, 0.4) is 0 Å². The van der Waals surface area contributed by atoms with Gasteiger partial charge in [0.05, 0.1) is 6.61 Å². The van der Waals surface area contributed by atoms with E-state index >= 15 is 0 Å². The SMILES string of the molecule is CCCOc1ccc2cc(C3CCC(CC)CC3)ccc2c1. The molecule has 0 radical (unpaired) electrons. The van der Waals surface area contributed by atoms with Crippen LogP contribution in [0.5, 0.6) is 5.75 Å². The molecule has 1 fully saturated rings. The lowest BCUT2D eigenvalue weighted by molar-refractivity contribution is 0.317. The van der Waals surface area contributed by atoms with E-state index in [0.29, 0.717) is 0 Å². The van der Waals surface area contributed by atoms with Crippen molar-refractivity contribution in [1.29, 1.82) is 0 Å². The van der Waals surface area contributed by atoms with Crippen LogP contribution in [0, 0.1) is 5.92 Å². The van der Waals surface area contributed by atoms with Crippen LogP contribution in [-0.2, 0) is 0 Å². The van der Waals surface area contributed by atoms with E-state index in [1.807, 2.05) is 0 Å². The molecule has 118 valence electrons. The van der Waals surface area contributed by atoms with E-state index in [0.717, 1.165) is 30.6 Å². The van der Waals surface area contributed by atoms with E-state index < -0.39 is 0 Å². The van der Waals surface area contributed by atoms with Gasteiger partial charge in [-0.15, -0.1) is 0 Å². The average Bonchev–Trinajstić information content (AvgIpc) is 2.59. The molecule has 0 amide bonds. The Kier molecular flexibility index (Phi) is 5.02. The van der Waals surface area contributed by atoms with Crippen molar-refractivity contribution in [3.8, 4) is 5.75 Å². The van der Waals surface area contributed by atoms with E-state index in [-0.39, 0.29) is 0 Å². The van der Waals surface area contributed by atoms with E-state index in [2.05, 4.69) is 50.2 Å². The third-order valence-electron chi connectivity index (χ3n) is 5.20. The molecule has 1 heteroatoms. The Hall–Kier alpha value is -1.50. The normalized spacial score (nSPS) is 21.9. The Bertz CT molecular complexity index is 608. The van der Waals surface area contributed by atoms with Crippen molar-refractivity contribution < 1.29 is 4.74 Å². The second-order valence-electron chi connectivity index (χ2n) is 6.74. The number of hydrogen-bond donors (Lipinski definition) is 0. The van der Waals surface area contributed by atoms with E-state index in [9.17, 15) is 0 Å². The summed E-state index contributed by atoms with van der Waals surface area (Å²) in [4.78, 5) is 0. The van der Waals surface area contributed by atoms with Crippen LogP contribution in [0.4, 0.5) is 0 Å². The minimum atomic E-state index is 0.767. The molecule has 2 aromatic carbocycles. The maximum Gasteiger partial charge on any atom is 0.119 e. The van der Waals surface area contributed by atoms with Gasteiger partial charge in [0, 0.05) is 0 Å². The van der Waals surface area contributed by atoms with Crippen LogP contribution in [0.1, 0.15) is 63.9 Å². The molecule has 1 nitrogen and oxygen atoms in total. The Morgan fingerprint density at radius 1 is 0.909 bits per heavy atom. The molecular weight excluding hydrogens is 268 g/mol. The second-order valence-corrected chi connectivity index (χ2v) is 6.74. The molecular formula is C21H28O. The highest BCUT2D eigenvalue weighted by atomic mass is 16.5. The monoisotopic (exact) mass is 296 g/mol. The van der Waals surface area contributed by atoms with Gasteiger partial charge in [0.25, 0.3) is 0 Å². The third kappa shape index (κ3) is 3.45. The van der Waals surface area contributed by atoms with Gasteiger partial charge in [-0.25, -0.2) is 0 Å². The van der Waals surface area contributed by atoms with Crippen LogP contribution in [0.25, 0.3) is 10.8 Å². The summed E-state index contributed by atoms with van der Waals surface area (Å²) in [5.41, 5.74) is 1.53. The zero-order chi connectivity index (χ0) is 15.4. The fourth-order valence-corrected chi connectivity index (χ4v) is 3.71. The Balaban J connectivity index is 1.76. The molecule has 2 aromatic rings. The van der Waals surface area contributed by atoms with Gasteiger partial charge in [-0.1, -0.05) is 44.5 Å². The van der Waals surface area contributed by atoms with Crippen molar-refractivity contribution in [3.63, 3.8) is 0 Å². The Morgan fingerprint density at radius 2 is 1.64 bits per heavy atom. The Morgan fingerprint density at radius 3 is 2.36 bits per heavy atom. The predicted octanol–water partition coefficient (Wildman–Crippen LogP) is 6.31. The standard InChI is InChI=1S/C21H28O/c1-3-13-22-21-12-11-19-14-18(9-10-20(19)15-21)17-7-5-16(4-2)6-8-17/h9-12,14-17H,3-8,13H2,1-2H3. The Labute approximate surface area is 134 Å². The van der Waals surface area contributed by atoms with Gasteiger partial charge in [-0.3, -0.25) is 0 Å². The van der Waals surface area contributed by atoms with Crippen molar-refractivity contribution in [1.82, 2.24) is 0 Å². The molecule has 1 saturated carbocycles. The smallest absolute Gasteiger partial charge is 0.119 e. The first-order valence-corrected chi connectivity index (χ1v) is 8.96. The van der Waals surface area contributed by atoms with Crippen molar-refractivity contribution in [2.24, 2.45) is 5.92 Å². The lowest BCUT2D eigenvalue weighted by Crippen LogP contribution is -2.12. The van der Waals surface area contributed by atoms with Crippen LogP contribution >= 0.6 is 0 Å². The molecule has 0 heterocycles. The highest BCUT2D eigenvalue weighted by Crippen LogP contribution is 2.38. The summed E-state index contributed by atoms with van der Waals surface area (Å²) in [6.07, 6.45) is 7.94. The van der Waals surface area contributed by atoms with E-state index in [1.54, 1.807) is 0 Å². The molecule has 0 atom stereocenters. The molecule has 0 aliphatic heterocycles. The van der Waals surface area contributed by atoms with Gasteiger partial charge in [0.1, 0.15) is 5.75 Å². The zero-order valence-electron chi connectivity index (χ0n) is 14.0. The number of benzene rings is 2. The number of rotatable bonds is 5. The summed E-state index contributed by atoms with van der Waals surface area (Å²) >= 11 is 0. The van der Waals surface area contributed by atoms with E-state index in [1.165, 1.54) is 48.4 Å². The number of fused-ring (bicyclic) bond motifs is 1. The fourth-order valence-electron chi connectivity index (χ4n) is 3.71. The predicted molar refractivity (Wildman–Crippen MR) is 94.7 cm³/mol. The maximum absolute atomic E-state index is 5.73. The summed E-state index contributed by atoms with van der Waals surface area (Å²) in [5, 5.41) is 2.64. The number of ether oxygens (including phenoxy) is 1. The summed E-state index contributed by atoms with van der Waals surface area (Å²) in [6.45, 7) is 5.27. The molecule has 1 aliphatic rings. The van der Waals surface area contributed by atoms with Crippen molar-refractivity contribution in [3.05, 3.63) is 42.0 Å². The molecule has 1 aliphatic carbocycles. The molecule has 0 spiro atoms. The first kappa shape index (κ1) is 15.4. The lowest BCUT2D eigenvalue weighted by Gasteiger charge is -2.28. The molecule has 0 unspecified atom stereocenters. The maximum atomic E-state index is 5.73. The zero-order valence-corrected chi connectivity index (χ0v) is 14.0. The minimum absolute atomic E-state index is 0.767. The first-order valence-electron chi connectivity index (χ1n) is 8.96. The van der Waals surface area contributed by atoms with Crippen molar-refractivity contribution in [2.45, 2.75) is 58.3 Å². The summed E-state index contributed by atoms with van der Waals surface area (Å²) in [7, 11) is 0. The summed E-state index contributed by atoms with van der Waals surface area (Å²) in [5.74, 6) is 2.73. The van der Waals surface area contributed by atoms with Gasteiger partial charge >= 0.3 is 0 Å². The first-order chi connectivity index (χ1) is 10.8. The molecule has 0 aromatic heterocycles. The van der Waals surface area contributed by atoms with E-state index in [4.69, 9.17) is 4.74 Å². The largest absolute Gasteiger partial charge is 0.494 e. The van der Waals surface area contributed by atoms with Gasteiger partial charge in [0.15, 0.2) is 0 Å². The molecule has 0 bridgehead atoms. The van der Waals surface area contributed by atoms with Gasteiger partial charge in [-0.05, 0) is 72.4 Å². The number of hydrogen-bond acceptors (Lipinski definition) is 1. The minimum Gasteiger partial charge on any atom is -0.494 e. The average molecular weight is 296 g/mol. The van der Waals surface area contributed by atoms with Crippen molar-refractivity contribution in [2.75, 3.05) is 6.61 Å². The quantitative estimate of drug-likeness (QED) is 0.628. The molecule has 0 saturated heterocycles. The van der Waals surface area contributed by atoms with Crippen LogP contribution in [0.2, 0.25) is 0 Å². The van der Waals surface area contributed by atoms with Gasteiger partial charge in [-0.2, -0.15) is 0 Å². The van der Waals surface area contributed by atoms with Crippen LogP contribution in [0.15, 0.2) is 36.4 Å². The van der Waals surface area contributed by atoms with Gasteiger partial charge in [0.2, 0.25) is 0 Å². The highest BCUT2D eigenvalue weighted by Gasteiger charge is 2.21. The lowest BCUT2D eigenvalue weighted by atomic mass is 9.77. The second kappa shape index (κ2) is 7.17. The van der Waals surface area contributed by atoms with Crippen LogP contribution in [-0.4, -0.2) is 6.61 Å². The molecule has 0 N–H and O–H groups in total. The topological polar surface area (TPSA) is 9.23 Å². The van der Waals surface area contributed by atoms with Crippen molar-refractivity contribution >= 4 is 10.8 Å². The summed E-state index contributed by atoms with van der Waals surface area (Å²) < 4.78 is 5.73. The van der Waals surface area contributed by atoms with Crippen LogP contribution < -0.4 is 4.74 Å². The molecule has 22 heavy (non-hydrogen) atoms. The fraction of sp³-hybridized carbons (Fsp3) is 0.524.